The molecule has 2 aromatic carbocycles. The van der Waals surface area contributed by atoms with Crippen molar-refractivity contribution in [3.05, 3.63) is 60.2 Å². The van der Waals surface area contributed by atoms with E-state index in [1.807, 2.05) is 30.3 Å². The molecule has 2 amide bonds. The number of para-hydroxylation sites is 2. The fraction of sp³-hybridized carbons (Fsp3) is 0.481. The van der Waals surface area contributed by atoms with Crippen LogP contribution < -0.4 is 14.4 Å². The number of nitrogens with zero attached hydrogens (tertiary/aromatic N) is 2. The van der Waals surface area contributed by atoms with Crippen molar-refractivity contribution in [1.29, 1.82) is 0 Å². The van der Waals surface area contributed by atoms with Crippen LogP contribution in [0.4, 0.5) is 5.69 Å². The largest absolute Gasteiger partial charge is 0.495 e. The zero-order valence-corrected chi connectivity index (χ0v) is 22.2. The fourth-order valence-corrected chi connectivity index (χ4v) is 5.54. The Labute approximate surface area is 214 Å². The molecule has 0 bridgehead atoms. The van der Waals surface area contributed by atoms with E-state index in [0.29, 0.717) is 24.4 Å². The molecule has 0 heterocycles. The number of amides is 2. The van der Waals surface area contributed by atoms with Gasteiger partial charge in [-0.1, -0.05) is 55.3 Å². The predicted octanol–water partition coefficient (Wildman–Crippen LogP) is 3.72. The van der Waals surface area contributed by atoms with E-state index in [1.54, 1.807) is 36.1 Å². The van der Waals surface area contributed by atoms with E-state index in [1.165, 1.54) is 11.4 Å². The Hall–Kier alpha value is -3.07. The second-order valence-electron chi connectivity index (χ2n) is 9.28. The highest BCUT2D eigenvalue weighted by molar-refractivity contribution is 7.92. The molecule has 196 valence electrons. The van der Waals surface area contributed by atoms with Crippen LogP contribution in [0.3, 0.4) is 0 Å². The van der Waals surface area contributed by atoms with Crippen LogP contribution in [0.2, 0.25) is 0 Å². The number of sulfonamides is 1. The number of carbonyl (C=O) groups excluding carboxylic acids is 2. The Bertz CT molecular complexity index is 1120. The van der Waals surface area contributed by atoms with Gasteiger partial charge in [0.1, 0.15) is 11.8 Å². The average molecular weight is 516 g/mol. The first-order valence-electron chi connectivity index (χ1n) is 12.4. The molecule has 8 nitrogen and oxygen atoms in total. The smallest absolute Gasteiger partial charge is 0.242 e. The highest BCUT2D eigenvalue weighted by atomic mass is 32.2. The molecule has 9 heteroatoms. The highest BCUT2D eigenvalue weighted by Crippen LogP contribution is 2.29. The van der Waals surface area contributed by atoms with Gasteiger partial charge in [0, 0.05) is 25.6 Å². The first-order valence-corrected chi connectivity index (χ1v) is 14.3. The Kier molecular flexibility index (Phi) is 9.75. The molecular formula is C27H37N3O5S. The summed E-state index contributed by atoms with van der Waals surface area (Å²) in [6.45, 7) is 2.18. The third kappa shape index (κ3) is 7.46. The topological polar surface area (TPSA) is 96.0 Å². The van der Waals surface area contributed by atoms with Crippen molar-refractivity contribution < 1.29 is 22.7 Å². The predicted molar refractivity (Wildman–Crippen MR) is 141 cm³/mol. The van der Waals surface area contributed by atoms with E-state index in [9.17, 15) is 18.0 Å². The Morgan fingerprint density at radius 1 is 1.06 bits per heavy atom. The van der Waals surface area contributed by atoms with Crippen molar-refractivity contribution >= 4 is 27.5 Å². The highest BCUT2D eigenvalue weighted by Gasteiger charge is 2.29. The zero-order chi connectivity index (χ0) is 26.1. The number of anilines is 1. The maximum absolute atomic E-state index is 13.4. The van der Waals surface area contributed by atoms with Gasteiger partial charge in [-0.2, -0.15) is 0 Å². The van der Waals surface area contributed by atoms with Crippen LogP contribution in [0, 0.1) is 0 Å². The number of ether oxygens (including phenoxy) is 1. The number of methoxy groups -OCH3 is 1. The Morgan fingerprint density at radius 2 is 1.69 bits per heavy atom. The molecule has 0 spiro atoms. The first-order chi connectivity index (χ1) is 17.2. The number of carbonyl (C=O) groups is 2. The number of nitrogens with one attached hydrogen (secondary N) is 1. The van der Waals surface area contributed by atoms with Crippen LogP contribution in [0.1, 0.15) is 51.0 Å². The maximum atomic E-state index is 13.4. The quantitative estimate of drug-likeness (QED) is 0.465. The van der Waals surface area contributed by atoms with E-state index in [0.717, 1.165) is 37.5 Å². The van der Waals surface area contributed by atoms with Crippen LogP contribution in [0.25, 0.3) is 0 Å². The maximum Gasteiger partial charge on any atom is 0.242 e. The summed E-state index contributed by atoms with van der Waals surface area (Å²) in [6.07, 6.45) is 5.69. The van der Waals surface area contributed by atoms with E-state index in [4.69, 9.17) is 4.74 Å². The summed E-state index contributed by atoms with van der Waals surface area (Å²) in [7, 11) is -2.11. The summed E-state index contributed by atoms with van der Waals surface area (Å²) in [5.41, 5.74) is 1.36. The first kappa shape index (κ1) is 27.5. The molecule has 2 aromatic rings. The Morgan fingerprint density at radius 3 is 2.33 bits per heavy atom. The van der Waals surface area contributed by atoms with Gasteiger partial charge in [0.2, 0.25) is 21.8 Å². The van der Waals surface area contributed by atoms with Gasteiger partial charge < -0.3 is 15.0 Å². The second-order valence-corrected chi connectivity index (χ2v) is 11.2. The van der Waals surface area contributed by atoms with Gasteiger partial charge in [0.15, 0.2) is 0 Å². The van der Waals surface area contributed by atoms with Gasteiger partial charge in [0.05, 0.1) is 19.1 Å². The molecule has 1 atom stereocenters. The van der Waals surface area contributed by atoms with Crippen molar-refractivity contribution in [3.63, 3.8) is 0 Å². The summed E-state index contributed by atoms with van der Waals surface area (Å²) >= 11 is 0. The minimum absolute atomic E-state index is 0.106. The van der Waals surface area contributed by atoms with Crippen LogP contribution in [0.15, 0.2) is 54.6 Å². The second kappa shape index (κ2) is 12.8. The molecule has 0 aromatic heterocycles. The van der Waals surface area contributed by atoms with Crippen molar-refractivity contribution in [3.8, 4) is 5.75 Å². The zero-order valence-electron chi connectivity index (χ0n) is 21.4. The van der Waals surface area contributed by atoms with Crippen molar-refractivity contribution in [1.82, 2.24) is 10.2 Å². The fourth-order valence-electron chi connectivity index (χ4n) is 4.57. The van der Waals surface area contributed by atoms with Gasteiger partial charge in [-0.3, -0.25) is 13.9 Å². The van der Waals surface area contributed by atoms with E-state index in [2.05, 4.69) is 5.32 Å². The average Bonchev–Trinajstić information content (AvgIpc) is 3.37. The summed E-state index contributed by atoms with van der Waals surface area (Å²) in [5.74, 6) is 0.0940. The van der Waals surface area contributed by atoms with Gasteiger partial charge in [-0.05, 0) is 43.9 Å². The summed E-state index contributed by atoms with van der Waals surface area (Å²) in [5, 5.41) is 3.09. The molecule has 1 aliphatic rings. The normalized spacial score (nSPS) is 14.8. The van der Waals surface area contributed by atoms with E-state index in [-0.39, 0.29) is 30.8 Å². The number of rotatable bonds is 12. The molecule has 0 unspecified atom stereocenters. The van der Waals surface area contributed by atoms with Crippen LogP contribution in [0.5, 0.6) is 5.75 Å². The molecule has 1 aliphatic carbocycles. The van der Waals surface area contributed by atoms with Crippen molar-refractivity contribution in [2.45, 2.75) is 64.1 Å². The number of benzene rings is 2. The molecular weight excluding hydrogens is 478 g/mol. The molecule has 36 heavy (non-hydrogen) atoms. The van der Waals surface area contributed by atoms with E-state index >= 15 is 0 Å². The van der Waals surface area contributed by atoms with E-state index < -0.39 is 16.1 Å². The monoisotopic (exact) mass is 515 g/mol. The summed E-state index contributed by atoms with van der Waals surface area (Å²) in [4.78, 5) is 28.0. The standard InChI is InChI=1S/C27H37N3O5S/c1-21(27(32)28-23-14-7-8-15-23)29(20-22-12-5-4-6-13-22)26(31)18-11-19-30(36(3,33)34)24-16-9-10-17-25(24)35-2/h4-6,9-10,12-13,16-17,21,23H,7-8,11,14-15,18-20H2,1-3H3,(H,28,32)/t21-/m1/s1. The minimum atomic E-state index is -3.60. The molecule has 3 rings (SSSR count). The lowest BCUT2D eigenvalue weighted by molar-refractivity contribution is -0.141. The molecule has 0 radical (unpaired) electrons. The van der Waals surface area contributed by atoms with Gasteiger partial charge in [0.25, 0.3) is 0 Å². The Balaban J connectivity index is 1.71. The lowest BCUT2D eigenvalue weighted by atomic mass is 10.1. The van der Waals surface area contributed by atoms with Gasteiger partial charge in [-0.25, -0.2) is 8.42 Å². The number of hydrogen-bond donors (Lipinski definition) is 1. The SMILES string of the molecule is COc1ccccc1N(CCCC(=O)N(Cc1ccccc1)[C@H](C)C(=O)NC1CCCC1)S(C)(=O)=O. The lowest BCUT2D eigenvalue weighted by Gasteiger charge is -2.30. The summed E-state index contributed by atoms with van der Waals surface area (Å²) in [6, 6.07) is 16.0. The molecule has 1 saturated carbocycles. The van der Waals surface area contributed by atoms with Crippen LogP contribution in [-0.2, 0) is 26.2 Å². The molecule has 1 fully saturated rings. The lowest BCUT2D eigenvalue weighted by Crippen LogP contribution is -2.49. The van der Waals surface area contributed by atoms with Crippen molar-refractivity contribution in [2.24, 2.45) is 0 Å². The van der Waals surface area contributed by atoms with Crippen LogP contribution >= 0.6 is 0 Å². The third-order valence-electron chi connectivity index (χ3n) is 6.57. The van der Waals surface area contributed by atoms with Crippen molar-refractivity contribution in [2.75, 3.05) is 24.2 Å². The minimum Gasteiger partial charge on any atom is -0.495 e. The molecule has 1 N–H and O–H groups in total. The van der Waals surface area contributed by atoms with Gasteiger partial charge in [-0.15, -0.1) is 0 Å². The third-order valence-corrected chi connectivity index (χ3v) is 7.75. The molecule has 0 aliphatic heterocycles. The van der Waals surface area contributed by atoms with Gasteiger partial charge >= 0.3 is 0 Å². The van der Waals surface area contributed by atoms with Crippen LogP contribution in [-0.4, -0.2) is 57.1 Å². The summed E-state index contributed by atoms with van der Waals surface area (Å²) < 4.78 is 31.7. The molecule has 0 saturated heterocycles. The number of hydrogen-bond acceptors (Lipinski definition) is 5.